The predicted molar refractivity (Wildman–Crippen MR) is 86.7 cm³/mol. The van der Waals surface area contributed by atoms with Gasteiger partial charge >= 0.3 is 6.03 Å². The minimum Gasteiger partial charge on any atom is -0.394 e. The van der Waals surface area contributed by atoms with Crippen LogP contribution in [0.5, 0.6) is 0 Å². The van der Waals surface area contributed by atoms with Crippen LogP contribution in [0.3, 0.4) is 0 Å². The van der Waals surface area contributed by atoms with Gasteiger partial charge in [0.1, 0.15) is 5.82 Å². The fourth-order valence-corrected chi connectivity index (χ4v) is 2.10. The van der Waals surface area contributed by atoms with E-state index in [0.29, 0.717) is 18.9 Å². The van der Waals surface area contributed by atoms with Crippen molar-refractivity contribution < 1.29 is 9.90 Å². The van der Waals surface area contributed by atoms with E-state index in [1.165, 1.54) is 0 Å². The van der Waals surface area contributed by atoms with Crippen molar-refractivity contribution >= 4 is 11.8 Å². The van der Waals surface area contributed by atoms with Crippen LogP contribution in [-0.4, -0.2) is 34.1 Å². The molecule has 0 bridgehead atoms. The molecule has 0 spiro atoms. The van der Waals surface area contributed by atoms with Crippen LogP contribution in [0.15, 0.2) is 43.0 Å². The average molecular weight is 300 g/mol. The van der Waals surface area contributed by atoms with E-state index in [9.17, 15) is 4.79 Å². The number of nitrogens with one attached hydrogen (secondary N) is 2. The van der Waals surface area contributed by atoms with Gasteiger partial charge in [0.2, 0.25) is 0 Å². The lowest BCUT2D eigenvalue weighted by atomic mass is 10.1. The smallest absolute Gasteiger partial charge is 0.320 e. The van der Waals surface area contributed by atoms with Gasteiger partial charge in [-0.3, -0.25) is 5.32 Å². The van der Waals surface area contributed by atoms with Crippen molar-refractivity contribution in [2.75, 3.05) is 18.5 Å². The molecule has 0 saturated carbocycles. The number of rotatable bonds is 6. The molecular formula is C16H20N4O2. The summed E-state index contributed by atoms with van der Waals surface area (Å²) in [6.07, 6.45) is 1.60. The summed E-state index contributed by atoms with van der Waals surface area (Å²) in [5, 5.41) is 19.0. The van der Waals surface area contributed by atoms with E-state index in [0.717, 1.165) is 16.8 Å². The molecule has 6 heteroatoms. The van der Waals surface area contributed by atoms with Crippen molar-refractivity contribution in [3.63, 3.8) is 0 Å². The fraction of sp³-hybridized carbons (Fsp3) is 0.250. The predicted octanol–water partition coefficient (Wildman–Crippen LogP) is 2.16. The number of aromatic nitrogens is 2. The van der Waals surface area contributed by atoms with E-state index in [1.807, 2.05) is 31.2 Å². The first kappa shape index (κ1) is 15.8. The summed E-state index contributed by atoms with van der Waals surface area (Å²) < 4.78 is 1.58. The third-order valence-corrected chi connectivity index (χ3v) is 3.16. The highest BCUT2D eigenvalue weighted by atomic mass is 16.3. The summed E-state index contributed by atoms with van der Waals surface area (Å²) in [6.45, 7) is 6.18. The number of hydrogen-bond acceptors (Lipinski definition) is 3. The third kappa shape index (κ3) is 3.73. The minimum absolute atomic E-state index is 0.0577. The van der Waals surface area contributed by atoms with Gasteiger partial charge in [0, 0.05) is 18.2 Å². The average Bonchev–Trinajstić information content (AvgIpc) is 2.88. The summed E-state index contributed by atoms with van der Waals surface area (Å²) in [5.74, 6) is 0.536. The topological polar surface area (TPSA) is 79.2 Å². The van der Waals surface area contributed by atoms with Gasteiger partial charge in [0.05, 0.1) is 18.8 Å². The van der Waals surface area contributed by atoms with Crippen LogP contribution < -0.4 is 10.6 Å². The standard InChI is InChI=1S/C16H20N4O2/c1-3-8-17-16(22)18-15-11-14(19-20(15)9-10-21)13-7-5-4-6-12(13)2/h3-7,11,21H,1,8-10H2,2H3,(H2,17,18,22). The van der Waals surface area contributed by atoms with Gasteiger partial charge in [-0.1, -0.05) is 30.3 Å². The van der Waals surface area contributed by atoms with E-state index < -0.39 is 0 Å². The Labute approximate surface area is 129 Å². The van der Waals surface area contributed by atoms with Crippen molar-refractivity contribution in [1.29, 1.82) is 0 Å². The van der Waals surface area contributed by atoms with E-state index in [4.69, 9.17) is 5.11 Å². The first-order valence-electron chi connectivity index (χ1n) is 7.06. The number of nitrogens with zero attached hydrogens (tertiary/aromatic N) is 2. The van der Waals surface area contributed by atoms with Gasteiger partial charge in [0.15, 0.2) is 0 Å². The van der Waals surface area contributed by atoms with E-state index in [-0.39, 0.29) is 12.6 Å². The molecule has 0 aliphatic rings. The van der Waals surface area contributed by atoms with Gasteiger partial charge in [-0.05, 0) is 12.5 Å². The molecule has 1 aromatic heterocycles. The minimum atomic E-state index is -0.338. The number of aryl methyl sites for hydroxylation is 1. The number of aliphatic hydroxyl groups excluding tert-OH is 1. The molecule has 0 atom stereocenters. The van der Waals surface area contributed by atoms with Crippen molar-refractivity contribution in [3.8, 4) is 11.3 Å². The van der Waals surface area contributed by atoms with Crippen molar-refractivity contribution in [3.05, 3.63) is 48.6 Å². The van der Waals surface area contributed by atoms with Crippen molar-refractivity contribution in [2.45, 2.75) is 13.5 Å². The summed E-state index contributed by atoms with van der Waals surface area (Å²) >= 11 is 0. The Morgan fingerprint density at radius 3 is 2.91 bits per heavy atom. The van der Waals surface area contributed by atoms with Gasteiger partial charge in [-0.25, -0.2) is 9.48 Å². The molecule has 2 rings (SSSR count). The highest BCUT2D eigenvalue weighted by Gasteiger charge is 2.12. The van der Waals surface area contributed by atoms with Crippen LogP contribution in [0.4, 0.5) is 10.6 Å². The Balaban J connectivity index is 2.27. The zero-order valence-corrected chi connectivity index (χ0v) is 12.5. The summed E-state index contributed by atoms with van der Waals surface area (Å²) in [6, 6.07) is 9.34. The lowest BCUT2D eigenvalue weighted by molar-refractivity contribution is 0.252. The number of urea groups is 1. The third-order valence-electron chi connectivity index (χ3n) is 3.16. The van der Waals surface area contributed by atoms with Crippen LogP contribution in [0.25, 0.3) is 11.3 Å². The van der Waals surface area contributed by atoms with Crippen LogP contribution in [0.2, 0.25) is 0 Å². The van der Waals surface area contributed by atoms with Crippen molar-refractivity contribution in [1.82, 2.24) is 15.1 Å². The Bertz CT molecular complexity index is 664. The normalized spacial score (nSPS) is 10.3. The molecule has 0 radical (unpaired) electrons. The molecule has 0 unspecified atom stereocenters. The van der Waals surface area contributed by atoms with E-state index in [1.54, 1.807) is 16.8 Å². The maximum atomic E-state index is 11.8. The Hall–Kier alpha value is -2.60. The highest BCUT2D eigenvalue weighted by Crippen LogP contribution is 2.24. The Kier molecular flexibility index (Phi) is 5.32. The lowest BCUT2D eigenvalue weighted by Crippen LogP contribution is -2.29. The van der Waals surface area contributed by atoms with E-state index in [2.05, 4.69) is 22.3 Å². The number of carbonyl (C=O) groups excluding carboxylic acids is 1. The SMILES string of the molecule is C=CCNC(=O)Nc1cc(-c2ccccc2C)nn1CCO. The lowest BCUT2D eigenvalue weighted by Gasteiger charge is -2.07. The zero-order valence-electron chi connectivity index (χ0n) is 12.5. The molecule has 1 aromatic carbocycles. The maximum Gasteiger partial charge on any atom is 0.320 e. The van der Waals surface area contributed by atoms with Crippen LogP contribution >= 0.6 is 0 Å². The van der Waals surface area contributed by atoms with Crippen LogP contribution in [0, 0.1) is 6.92 Å². The second kappa shape index (κ2) is 7.42. The Morgan fingerprint density at radius 2 is 2.23 bits per heavy atom. The molecule has 1 heterocycles. The molecule has 3 N–H and O–H groups in total. The van der Waals surface area contributed by atoms with Crippen LogP contribution in [0.1, 0.15) is 5.56 Å². The second-order valence-corrected chi connectivity index (χ2v) is 4.80. The highest BCUT2D eigenvalue weighted by molar-refractivity contribution is 5.89. The number of carbonyl (C=O) groups is 1. The second-order valence-electron chi connectivity index (χ2n) is 4.80. The number of anilines is 1. The van der Waals surface area contributed by atoms with Gasteiger partial charge in [-0.15, -0.1) is 6.58 Å². The molecule has 0 aliphatic carbocycles. The van der Waals surface area contributed by atoms with Gasteiger partial charge < -0.3 is 10.4 Å². The number of hydrogen-bond donors (Lipinski definition) is 3. The summed E-state index contributed by atoms with van der Waals surface area (Å²) in [7, 11) is 0. The monoisotopic (exact) mass is 300 g/mol. The molecule has 0 fully saturated rings. The van der Waals surface area contributed by atoms with Crippen LogP contribution in [-0.2, 0) is 6.54 Å². The number of benzene rings is 1. The summed E-state index contributed by atoms with van der Waals surface area (Å²) in [4.78, 5) is 11.8. The number of aliphatic hydroxyl groups is 1. The molecule has 0 saturated heterocycles. The maximum absolute atomic E-state index is 11.8. The molecular weight excluding hydrogens is 280 g/mol. The zero-order chi connectivity index (χ0) is 15.9. The Morgan fingerprint density at radius 1 is 1.45 bits per heavy atom. The largest absolute Gasteiger partial charge is 0.394 e. The first-order chi connectivity index (χ1) is 10.7. The quantitative estimate of drug-likeness (QED) is 0.715. The van der Waals surface area contributed by atoms with Gasteiger partial charge in [0.25, 0.3) is 0 Å². The first-order valence-corrected chi connectivity index (χ1v) is 7.06. The molecule has 116 valence electrons. The summed E-state index contributed by atoms with van der Waals surface area (Å²) in [5.41, 5.74) is 2.85. The molecule has 22 heavy (non-hydrogen) atoms. The molecule has 6 nitrogen and oxygen atoms in total. The molecule has 2 aromatic rings. The molecule has 2 amide bonds. The number of amides is 2. The van der Waals surface area contributed by atoms with Gasteiger partial charge in [-0.2, -0.15) is 5.10 Å². The van der Waals surface area contributed by atoms with E-state index >= 15 is 0 Å². The van der Waals surface area contributed by atoms with Crippen molar-refractivity contribution in [2.24, 2.45) is 0 Å². The molecule has 0 aliphatic heterocycles. The fourth-order valence-electron chi connectivity index (χ4n) is 2.10.